The molecule has 150 valence electrons. The smallest absolute Gasteiger partial charge is 0.279 e. The number of aromatic nitrogens is 3. The molecule has 2 aromatic heterocycles. The Morgan fingerprint density at radius 1 is 1.21 bits per heavy atom. The van der Waals surface area contributed by atoms with Crippen LogP contribution in [0, 0.1) is 13.8 Å². The second-order valence-corrected chi connectivity index (χ2v) is 9.07. The molecule has 0 aliphatic heterocycles. The summed E-state index contributed by atoms with van der Waals surface area (Å²) in [5, 5.41) is 17.7. The summed E-state index contributed by atoms with van der Waals surface area (Å²) >= 11 is 2.47. The lowest BCUT2D eigenvalue weighted by atomic mass is 10.1. The summed E-state index contributed by atoms with van der Waals surface area (Å²) in [7, 11) is 0. The van der Waals surface area contributed by atoms with Gasteiger partial charge in [0.15, 0.2) is 10.0 Å². The molecule has 3 aromatic rings. The quantitative estimate of drug-likeness (QED) is 0.431. The number of hydrogen-bond acceptors (Lipinski definition) is 8. The Kier molecular flexibility index (Phi) is 5.63. The molecule has 1 saturated carbocycles. The topological polar surface area (TPSA) is 110 Å². The van der Waals surface area contributed by atoms with Crippen molar-refractivity contribution in [3.05, 3.63) is 46.8 Å². The molecule has 0 spiro atoms. The van der Waals surface area contributed by atoms with Gasteiger partial charge >= 0.3 is 0 Å². The molecule has 0 saturated heterocycles. The Morgan fingerprint density at radius 2 is 2.03 bits per heavy atom. The predicted octanol–water partition coefficient (Wildman–Crippen LogP) is 4.00. The third-order valence-electron chi connectivity index (χ3n) is 4.36. The molecule has 0 radical (unpaired) electrons. The minimum atomic E-state index is -0.388. The van der Waals surface area contributed by atoms with Crippen LogP contribution in [0.3, 0.4) is 0 Å². The van der Waals surface area contributed by atoms with Gasteiger partial charge in [0.05, 0.1) is 5.75 Å². The molecule has 2 amide bonds. The molecule has 10 heteroatoms. The minimum absolute atomic E-state index is 0.125. The van der Waals surface area contributed by atoms with Crippen molar-refractivity contribution in [3.8, 4) is 0 Å². The molecule has 2 heterocycles. The van der Waals surface area contributed by atoms with Gasteiger partial charge in [-0.2, -0.15) is 0 Å². The van der Waals surface area contributed by atoms with Crippen LogP contribution in [-0.2, 0) is 4.79 Å². The summed E-state index contributed by atoms with van der Waals surface area (Å²) in [4.78, 5) is 24.5. The van der Waals surface area contributed by atoms with Crippen LogP contribution in [0.15, 0.2) is 33.1 Å². The highest BCUT2D eigenvalue weighted by Gasteiger charge is 2.29. The number of thioether (sulfide) groups is 1. The molecular weight excluding hydrogens is 410 g/mol. The van der Waals surface area contributed by atoms with Gasteiger partial charge in [0, 0.05) is 17.7 Å². The first kappa shape index (κ1) is 19.6. The van der Waals surface area contributed by atoms with Crippen molar-refractivity contribution < 1.29 is 14.1 Å². The Balaban J connectivity index is 1.29. The van der Waals surface area contributed by atoms with E-state index in [1.54, 1.807) is 6.07 Å². The highest BCUT2D eigenvalue weighted by Crippen LogP contribution is 2.40. The highest BCUT2D eigenvalue weighted by molar-refractivity contribution is 8.01. The van der Waals surface area contributed by atoms with Gasteiger partial charge in [0.2, 0.25) is 11.0 Å². The van der Waals surface area contributed by atoms with Gasteiger partial charge in [0.25, 0.3) is 5.91 Å². The van der Waals surface area contributed by atoms with Gasteiger partial charge in [0.1, 0.15) is 5.76 Å². The largest absolute Gasteiger partial charge is 0.360 e. The zero-order chi connectivity index (χ0) is 20.4. The Labute approximate surface area is 175 Å². The summed E-state index contributed by atoms with van der Waals surface area (Å²) in [6.07, 6.45) is 2.15. The Hall–Kier alpha value is -2.72. The average molecular weight is 430 g/mol. The number of hydrogen-bond donors (Lipinski definition) is 2. The number of nitrogens with one attached hydrogen (secondary N) is 2. The molecule has 4 rings (SSSR count). The van der Waals surface area contributed by atoms with Crippen LogP contribution in [0.1, 0.15) is 46.1 Å². The van der Waals surface area contributed by atoms with Gasteiger partial charge in [-0.1, -0.05) is 40.4 Å². The van der Waals surface area contributed by atoms with Crippen molar-refractivity contribution in [1.29, 1.82) is 0 Å². The number of anilines is 2. The molecule has 1 aliphatic carbocycles. The van der Waals surface area contributed by atoms with Gasteiger partial charge in [-0.05, 0) is 43.9 Å². The molecule has 29 heavy (non-hydrogen) atoms. The third kappa shape index (κ3) is 5.01. The third-order valence-corrected chi connectivity index (χ3v) is 6.33. The normalized spacial score (nSPS) is 13.3. The number of aryl methyl sites for hydroxylation is 2. The molecule has 2 N–H and O–H groups in total. The van der Waals surface area contributed by atoms with Crippen LogP contribution < -0.4 is 10.6 Å². The maximum absolute atomic E-state index is 12.2. The SMILES string of the molecule is Cc1ccc(C)c(NC(=O)CSc2nnc(NC(=O)c3cc(C4CC4)on3)s2)c1. The zero-order valence-corrected chi connectivity index (χ0v) is 17.5. The zero-order valence-electron chi connectivity index (χ0n) is 15.9. The van der Waals surface area contributed by atoms with Gasteiger partial charge in [-0.3, -0.25) is 14.9 Å². The molecule has 1 aromatic carbocycles. The van der Waals surface area contributed by atoms with Crippen molar-refractivity contribution in [3.63, 3.8) is 0 Å². The van der Waals surface area contributed by atoms with Crippen molar-refractivity contribution in [1.82, 2.24) is 15.4 Å². The van der Waals surface area contributed by atoms with E-state index >= 15 is 0 Å². The first-order valence-corrected chi connectivity index (χ1v) is 10.9. The number of nitrogens with zero attached hydrogens (tertiary/aromatic N) is 3. The standard InChI is InChI=1S/C19H19N5O3S2/c1-10-3-4-11(2)13(7-10)20-16(25)9-28-19-23-22-18(29-19)21-17(26)14-8-15(27-24-14)12-5-6-12/h3-4,7-8,12H,5-6,9H2,1-2H3,(H,20,25)(H,21,22,26). The summed E-state index contributed by atoms with van der Waals surface area (Å²) in [6, 6.07) is 7.58. The molecule has 0 atom stereocenters. The maximum Gasteiger partial charge on any atom is 0.279 e. The monoisotopic (exact) mass is 429 g/mol. The van der Waals surface area contributed by atoms with Crippen molar-refractivity contribution >= 4 is 45.7 Å². The fourth-order valence-electron chi connectivity index (χ4n) is 2.62. The molecule has 1 fully saturated rings. The van der Waals surface area contributed by atoms with E-state index in [1.807, 2.05) is 32.0 Å². The van der Waals surface area contributed by atoms with E-state index in [0.29, 0.717) is 15.4 Å². The van der Waals surface area contributed by atoms with E-state index in [0.717, 1.165) is 35.4 Å². The molecule has 1 aliphatic rings. The summed E-state index contributed by atoms with van der Waals surface area (Å²) in [5.41, 5.74) is 3.12. The lowest BCUT2D eigenvalue weighted by Gasteiger charge is -2.08. The van der Waals surface area contributed by atoms with Crippen LogP contribution in [0.4, 0.5) is 10.8 Å². The molecule has 0 unspecified atom stereocenters. The summed E-state index contributed by atoms with van der Waals surface area (Å²) < 4.78 is 5.78. The Bertz CT molecular complexity index is 1060. The summed E-state index contributed by atoms with van der Waals surface area (Å²) in [6.45, 7) is 3.93. The lowest BCUT2D eigenvalue weighted by Crippen LogP contribution is -2.14. The number of carbonyl (C=O) groups is 2. The van der Waals surface area contributed by atoms with Gasteiger partial charge < -0.3 is 9.84 Å². The molecular formula is C19H19N5O3S2. The van der Waals surface area contributed by atoms with Crippen LogP contribution in [0.2, 0.25) is 0 Å². The molecule has 0 bridgehead atoms. The Morgan fingerprint density at radius 3 is 2.83 bits per heavy atom. The number of benzene rings is 1. The van der Waals surface area contributed by atoms with Crippen molar-refractivity contribution in [2.24, 2.45) is 0 Å². The van der Waals surface area contributed by atoms with Gasteiger partial charge in [-0.15, -0.1) is 10.2 Å². The van der Waals surface area contributed by atoms with Crippen LogP contribution in [-0.4, -0.2) is 32.9 Å². The van der Waals surface area contributed by atoms with Crippen molar-refractivity contribution in [2.45, 2.75) is 36.9 Å². The number of rotatable bonds is 7. The number of carbonyl (C=O) groups excluding carboxylic acids is 2. The van der Waals surface area contributed by atoms with E-state index in [9.17, 15) is 9.59 Å². The predicted molar refractivity (Wildman–Crippen MR) is 112 cm³/mol. The van der Waals surface area contributed by atoms with Gasteiger partial charge in [-0.25, -0.2) is 0 Å². The van der Waals surface area contributed by atoms with E-state index in [2.05, 4.69) is 26.0 Å². The highest BCUT2D eigenvalue weighted by atomic mass is 32.2. The van der Waals surface area contributed by atoms with Crippen molar-refractivity contribution in [2.75, 3.05) is 16.4 Å². The average Bonchev–Trinajstić information content (AvgIpc) is 3.24. The second kappa shape index (κ2) is 8.34. The number of amides is 2. The van der Waals surface area contributed by atoms with Crippen LogP contribution in [0.5, 0.6) is 0 Å². The maximum atomic E-state index is 12.2. The van der Waals surface area contributed by atoms with E-state index in [1.165, 1.54) is 23.1 Å². The minimum Gasteiger partial charge on any atom is -0.360 e. The van der Waals surface area contributed by atoms with E-state index < -0.39 is 0 Å². The van der Waals surface area contributed by atoms with E-state index in [4.69, 9.17) is 4.52 Å². The second-order valence-electron chi connectivity index (χ2n) is 6.87. The summed E-state index contributed by atoms with van der Waals surface area (Å²) in [5.74, 6) is 0.826. The van der Waals surface area contributed by atoms with E-state index in [-0.39, 0.29) is 23.3 Å². The fourth-order valence-corrected chi connectivity index (χ4v) is 4.17. The fraction of sp³-hybridized carbons (Fsp3) is 0.316. The first-order chi connectivity index (χ1) is 14.0. The molecule has 8 nitrogen and oxygen atoms in total. The van der Waals surface area contributed by atoms with Crippen LogP contribution >= 0.6 is 23.1 Å². The first-order valence-electron chi connectivity index (χ1n) is 9.09. The lowest BCUT2D eigenvalue weighted by molar-refractivity contribution is -0.113. The van der Waals surface area contributed by atoms with Crippen LogP contribution in [0.25, 0.3) is 0 Å².